The Morgan fingerprint density at radius 1 is 1.33 bits per heavy atom. The molecule has 1 aromatic carbocycles. The minimum absolute atomic E-state index is 0.705. The van der Waals surface area contributed by atoms with Gasteiger partial charge in [0.1, 0.15) is 5.75 Å². The first-order chi connectivity index (χ1) is 8.83. The molecule has 0 bridgehead atoms. The van der Waals surface area contributed by atoms with Crippen molar-refractivity contribution in [2.75, 3.05) is 26.7 Å². The van der Waals surface area contributed by atoms with Crippen LogP contribution in [0.25, 0.3) is 0 Å². The molecule has 0 spiro atoms. The average molecular weight is 245 g/mol. The second kappa shape index (κ2) is 4.93. The quantitative estimate of drug-likeness (QED) is 0.811. The molecular formula is C16H23NO. The van der Waals surface area contributed by atoms with E-state index in [1.165, 1.54) is 50.0 Å². The summed E-state index contributed by atoms with van der Waals surface area (Å²) in [5.74, 6) is 2.66. The number of benzene rings is 1. The first-order valence-electron chi connectivity index (χ1n) is 7.21. The summed E-state index contributed by atoms with van der Waals surface area (Å²) in [4.78, 5) is 2.64. The molecule has 2 atom stereocenters. The molecule has 0 amide bonds. The van der Waals surface area contributed by atoms with Crippen LogP contribution in [0, 0.1) is 5.92 Å². The van der Waals surface area contributed by atoms with Gasteiger partial charge in [0.05, 0.1) is 7.11 Å². The highest BCUT2D eigenvalue weighted by Gasteiger charge is 2.38. The maximum Gasteiger partial charge on any atom is 0.122 e. The number of hydrogen-bond donors (Lipinski definition) is 0. The predicted molar refractivity (Wildman–Crippen MR) is 74.3 cm³/mol. The Morgan fingerprint density at radius 2 is 2.22 bits per heavy atom. The molecule has 18 heavy (non-hydrogen) atoms. The van der Waals surface area contributed by atoms with Gasteiger partial charge in [-0.15, -0.1) is 0 Å². The molecule has 0 saturated carbocycles. The molecule has 1 fully saturated rings. The van der Waals surface area contributed by atoms with E-state index in [-0.39, 0.29) is 0 Å². The van der Waals surface area contributed by atoms with Crippen LogP contribution in [0.2, 0.25) is 0 Å². The maximum absolute atomic E-state index is 5.60. The summed E-state index contributed by atoms with van der Waals surface area (Å²) in [5, 5.41) is 0. The fourth-order valence-electron chi connectivity index (χ4n) is 3.83. The molecule has 1 aliphatic carbocycles. The van der Waals surface area contributed by atoms with Crippen molar-refractivity contribution in [3.8, 4) is 5.75 Å². The molecule has 0 N–H and O–H groups in total. The zero-order valence-electron chi connectivity index (χ0n) is 11.5. The molecular weight excluding hydrogens is 222 g/mol. The van der Waals surface area contributed by atoms with Crippen LogP contribution in [0.1, 0.15) is 36.8 Å². The largest absolute Gasteiger partial charge is 0.496 e. The molecule has 2 nitrogen and oxygen atoms in total. The van der Waals surface area contributed by atoms with Gasteiger partial charge in [-0.25, -0.2) is 0 Å². The molecule has 1 aliphatic heterocycles. The van der Waals surface area contributed by atoms with Gasteiger partial charge in [-0.05, 0) is 43.4 Å². The normalized spacial score (nSPS) is 26.8. The van der Waals surface area contributed by atoms with Crippen molar-refractivity contribution in [2.24, 2.45) is 5.92 Å². The zero-order chi connectivity index (χ0) is 12.5. The first kappa shape index (κ1) is 12.0. The van der Waals surface area contributed by atoms with E-state index in [1.54, 1.807) is 7.11 Å². The van der Waals surface area contributed by atoms with Crippen LogP contribution in [-0.2, 0) is 6.42 Å². The van der Waals surface area contributed by atoms with E-state index in [1.807, 2.05) is 0 Å². The van der Waals surface area contributed by atoms with Gasteiger partial charge in [-0.3, -0.25) is 0 Å². The molecule has 2 unspecified atom stereocenters. The van der Waals surface area contributed by atoms with Crippen molar-refractivity contribution in [1.82, 2.24) is 4.90 Å². The molecule has 98 valence electrons. The molecule has 1 heterocycles. The molecule has 0 radical (unpaired) electrons. The van der Waals surface area contributed by atoms with Crippen LogP contribution < -0.4 is 4.74 Å². The van der Waals surface area contributed by atoms with Crippen LogP contribution >= 0.6 is 0 Å². The Bertz CT molecular complexity index is 415. The van der Waals surface area contributed by atoms with E-state index in [0.29, 0.717) is 5.92 Å². The van der Waals surface area contributed by atoms with Crippen molar-refractivity contribution in [3.05, 3.63) is 29.3 Å². The van der Waals surface area contributed by atoms with Gasteiger partial charge in [-0.1, -0.05) is 19.1 Å². The van der Waals surface area contributed by atoms with Gasteiger partial charge in [0.2, 0.25) is 0 Å². The van der Waals surface area contributed by atoms with E-state index < -0.39 is 0 Å². The summed E-state index contributed by atoms with van der Waals surface area (Å²) in [6.45, 7) is 6.04. The average Bonchev–Trinajstić information content (AvgIpc) is 2.81. The summed E-state index contributed by atoms with van der Waals surface area (Å²) < 4.78 is 5.60. The Balaban J connectivity index is 1.92. The lowest BCUT2D eigenvalue weighted by molar-refractivity contribution is 0.322. The summed E-state index contributed by atoms with van der Waals surface area (Å²) >= 11 is 0. The molecule has 2 aliphatic rings. The minimum Gasteiger partial charge on any atom is -0.496 e. The Labute approximate surface area is 110 Å². The highest BCUT2D eigenvalue weighted by Crippen LogP contribution is 2.45. The highest BCUT2D eigenvalue weighted by molar-refractivity contribution is 5.45. The molecule has 1 aromatic rings. The van der Waals surface area contributed by atoms with Crippen molar-refractivity contribution in [1.29, 1.82) is 0 Å². The number of hydrogen-bond acceptors (Lipinski definition) is 2. The van der Waals surface area contributed by atoms with Crippen LogP contribution in [-0.4, -0.2) is 31.6 Å². The lowest BCUT2D eigenvalue weighted by Crippen LogP contribution is -2.21. The van der Waals surface area contributed by atoms with E-state index >= 15 is 0 Å². The van der Waals surface area contributed by atoms with Crippen molar-refractivity contribution in [2.45, 2.75) is 32.1 Å². The summed E-state index contributed by atoms with van der Waals surface area (Å²) in [7, 11) is 1.80. The van der Waals surface area contributed by atoms with Gasteiger partial charge in [0, 0.05) is 24.6 Å². The summed E-state index contributed by atoms with van der Waals surface area (Å²) in [6.07, 6.45) is 3.84. The lowest BCUT2D eigenvalue weighted by atomic mass is 9.76. The predicted octanol–water partition coefficient (Wildman–Crippen LogP) is 3.07. The summed E-state index contributed by atoms with van der Waals surface area (Å²) in [5.41, 5.74) is 3.03. The fourth-order valence-corrected chi connectivity index (χ4v) is 3.83. The smallest absolute Gasteiger partial charge is 0.122 e. The minimum atomic E-state index is 0.705. The molecule has 0 aromatic heterocycles. The zero-order valence-corrected chi connectivity index (χ0v) is 11.5. The number of methoxy groups -OCH3 is 1. The topological polar surface area (TPSA) is 12.5 Å². The van der Waals surface area contributed by atoms with E-state index in [9.17, 15) is 0 Å². The number of nitrogens with zero attached hydrogens (tertiary/aromatic N) is 1. The third kappa shape index (κ3) is 1.93. The van der Waals surface area contributed by atoms with Crippen LogP contribution in [0.4, 0.5) is 0 Å². The fraction of sp³-hybridized carbons (Fsp3) is 0.625. The monoisotopic (exact) mass is 245 g/mol. The standard InChI is InChI=1S/C16H23NO/c1-3-9-17-10-13-8-7-12-5-4-6-15(18-2)16(12)14(13)11-17/h4-6,13-14H,3,7-11H2,1-2H3. The molecule has 2 heteroatoms. The molecule has 1 saturated heterocycles. The number of likely N-dealkylation sites (tertiary alicyclic amines) is 1. The summed E-state index contributed by atoms with van der Waals surface area (Å²) in [6, 6.07) is 6.55. The number of aryl methyl sites for hydroxylation is 1. The van der Waals surface area contributed by atoms with Crippen molar-refractivity contribution >= 4 is 0 Å². The number of ether oxygens (including phenoxy) is 1. The van der Waals surface area contributed by atoms with Crippen LogP contribution in [0.15, 0.2) is 18.2 Å². The second-order valence-electron chi connectivity index (χ2n) is 5.70. The van der Waals surface area contributed by atoms with Gasteiger partial charge in [0.15, 0.2) is 0 Å². The SMILES string of the molecule is CCCN1CC2CCc3cccc(OC)c3C2C1. The van der Waals surface area contributed by atoms with Gasteiger partial charge < -0.3 is 9.64 Å². The maximum atomic E-state index is 5.60. The van der Waals surface area contributed by atoms with E-state index in [0.717, 1.165) is 11.7 Å². The van der Waals surface area contributed by atoms with Crippen LogP contribution in [0.3, 0.4) is 0 Å². The second-order valence-corrected chi connectivity index (χ2v) is 5.70. The Morgan fingerprint density at radius 3 is 3.00 bits per heavy atom. The first-order valence-corrected chi connectivity index (χ1v) is 7.21. The van der Waals surface area contributed by atoms with E-state index in [2.05, 4.69) is 30.0 Å². The lowest BCUT2D eigenvalue weighted by Gasteiger charge is -2.28. The third-order valence-electron chi connectivity index (χ3n) is 4.59. The van der Waals surface area contributed by atoms with Crippen LogP contribution in [0.5, 0.6) is 5.75 Å². The van der Waals surface area contributed by atoms with Crippen molar-refractivity contribution < 1.29 is 4.74 Å². The number of fused-ring (bicyclic) bond motifs is 3. The van der Waals surface area contributed by atoms with Gasteiger partial charge in [-0.2, -0.15) is 0 Å². The van der Waals surface area contributed by atoms with Gasteiger partial charge >= 0.3 is 0 Å². The van der Waals surface area contributed by atoms with Crippen molar-refractivity contribution in [3.63, 3.8) is 0 Å². The van der Waals surface area contributed by atoms with Gasteiger partial charge in [0.25, 0.3) is 0 Å². The third-order valence-corrected chi connectivity index (χ3v) is 4.59. The number of rotatable bonds is 3. The molecule has 3 rings (SSSR count). The Kier molecular flexibility index (Phi) is 3.29. The van der Waals surface area contributed by atoms with E-state index in [4.69, 9.17) is 4.74 Å². The Hall–Kier alpha value is -1.02. The highest BCUT2D eigenvalue weighted by atomic mass is 16.5.